The summed E-state index contributed by atoms with van der Waals surface area (Å²) in [6, 6.07) is 4.51. The Kier molecular flexibility index (Phi) is 2.92. The van der Waals surface area contributed by atoms with Crippen LogP contribution in [0.15, 0.2) is 36.9 Å². The largest absolute Gasteiger partial charge is 0.351 e. The van der Waals surface area contributed by atoms with Crippen molar-refractivity contribution in [1.29, 1.82) is 0 Å². The average Bonchev–Trinajstić information content (AvgIpc) is 3.20. The summed E-state index contributed by atoms with van der Waals surface area (Å²) in [5.74, 6) is 1.53. The van der Waals surface area contributed by atoms with Crippen molar-refractivity contribution in [1.82, 2.24) is 24.6 Å². The number of hydrogen-bond acceptors (Lipinski definition) is 5. The second kappa shape index (κ2) is 5.12. The number of rotatable bonds is 4. The maximum absolute atomic E-state index is 4.72. The highest BCUT2D eigenvalue weighted by atomic mass is 15.3. The first-order chi connectivity index (χ1) is 11.8. The average molecular weight is 320 g/mol. The van der Waals surface area contributed by atoms with Crippen LogP contribution >= 0.6 is 0 Å². The van der Waals surface area contributed by atoms with E-state index in [1.165, 1.54) is 18.4 Å². The van der Waals surface area contributed by atoms with Gasteiger partial charge in [-0.25, -0.2) is 19.5 Å². The van der Waals surface area contributed by atoms with Gasteiger partial charge < -0.3 is 5.32 Å². The Morgan fingerprint density at radius 2 is 2.21 bits per heavy atom. The van der Waals surface area contributed by atoms with Crippen molar-refractivity contribution >= 4 is 17.2 Å². The summed E-state index contributed by atoms with van der Waals surface area (Å²) in [4.78, 5) is 13.4. The first-order valence-electron chi connectivity index (χ1n) is 8.41. The van der Waals surface area contributed by atoms with Gasteiger partial charge in [-0.3, -0.25) is 0 Å². The van der Waals surface area contributed by atoms with E-state index >= 15 is 0 Å². The molecule has 3 aromatic rings. The van der Waals surface area contributed by atoms with Gasteiger partial charge in [0, 0.05) is 37.4 Å². The molecule has 3 aromatic heterocycles. The smallest absolute Gasteiger partial charge is 0.223 e. The van der Waals surface area contributed by atoms with Crippen LogP contribution in [0.2, 0.25) is 0 Å². The molecule has 0 aromatic carbocycles. The van der Waals surface area contributed by atoms with Crippen LogP contribution in [0.1, 0.15) is 38.0 Å². The Morgan fingerprint density at radius 1 is 1.29 bits per heavy atom. The van der Waals surface area contributed by atoms with Gasteiger partial charge in [-0.15, -0.1) is 0 Å². The molecule has 0 unspecified atom stereocenters. The lowest BCUT2D eigenvalue weighted by Gasteiger charge is -2.13. The van der Waals surface area contributed by atoms with E-state index in [4.69, 9.17) is 4.98 Å². The number of fused-ring (bicyclic) bond motifs is 2. The third-order valence-electron chi connectivity index (χ3n) is 4.93. The van der Waals surface area contributed by atoms with Crippen LogP contribution in [0.5, 0.6) is 0 Å². The standard InChI is InChI=1S/C18H18N6.H2/c1-11(12-2-3-12)22-18-19-8-15-14(5-6-16(15)23-18)13-4-7-17-20-10-21-24(17)9-13;/h4-5,7-12H,2-3,6H2,1H3,(H,19,22,23);1H/t11-;/m1./s1. The van der Waals surface area contributed by atoms with Crippen molar-refractivity contribution in [3.05, 3.63) is 53.8 Å². The fourth-order valence-electron chi connectivity index (χ4n) is 3.34. The molecular formula is C18H20N6. The zero-order chi connectivity index (χ0) is 16.1. The third-order valence-corrected chi connectivity index (χ3v) is 4.93. The van der Waals surface area contributed by atoms with E-state index in [-0.39, 0.29) is 1.43 Å². The molecule has 5 rings (SSSR count). The third kappa shape index (κ3) is 2.26. The van der Waals surface area contributed by atoms with E-state index in [1.54, 1.807) is 10.8 Å². The van der Waals surface area contributed by atoms with Gasteiger partial charge in [-0.1, -0.05) is 6.08 Å². The number of hydrogen-bond donors (Lipinski definition) is 1. The maximum atomic E-state index is 4.72. The second-order valence-corrected chi connectivity index (χ2v) is 6.63. The summed E-state index contributed by atoms with van der Waals surface area (Å²) >= 11 is 0. The Labute approximate surface area is 141 Å². The minimum absolute atomic E-state index is 0. The van der Waals surface area contributed by atoms with Crippen molar-refractivity contribution in [3.63, 3.8) is 0 Å². The molecule has 3 heterocycles. The lowest BCUT2D eigenvalue weighted by atomic mass is 10.0. The number of pyridine rings is 1. The number of anilines is 1. The number of nitrogens with zero attached hydrogens (tertiary/aromatic N) is 5. The lowest BCUT2D eigenvalue weighted by Crippen LogP contribution is -2.19. The Balaban J connectivity index is 0.00000157. The Hall–Kier alpha value is -2.76. The molecule has 2 aliphatic carbocycles. The summed E-state index contributed by atoms with van der Waals surface area (Å²) in [5.41, 5.74) is 5.33. The minimum Gasteiger partial charge on any atom is -0.351 e. The molecule has 6 heteroatoms. The maximum Gasteiger partial charge on any atom is 0.223 e. The molecule has 0 aliphatic heterocycles. The Bertz CT molecular complexity index is 959. The molecule has 0 bridgehead atoms. The van der Waals surface area contributed by atoms with Crippen molar-refractivity contribution in [2.24, 2.45) is 5.92 Å². The van der Waals surface area contributed by atoms with Gasteiger partial charge in [-0.2, -0.15) is 5.10 Å². The van der Waals surface area contributed by atoms with Crippen LogP contribution in [0.25, 0.3) is 11.2 Å². The van der Waals surface area contributed by atoms with Crippen LogP contribution in [0.4, 0.5) is 5.95 Å². The molecule has 1 atom stereocenters. The molecule has 1 saturated carbocycles. The number of nitrogens with one attached hydrogen (secondary N) is 1. The number of aromatic nitrogens is 5. The molecule has 24 heavy (non-hydrogen) atoms. The van der Waals surface area contributed by atoms with Gasteiger partial charge in [0.05, 0.1) is 5.69 Å². The highest BCUT2D eigenvalue weighted by molar-refractivity contribution is 5.83. The summed E-state index contributed by atoms with van der Waals surface area (Å²) in [7, 11) is 0. The highest BCUT2D eigenvalue weighted by Gasteiger charge is 2.28. The molecule has 0 saturated heterocycles. The van der Waals surface area contributed by atoms with Crippen LogP contribution in [0, 0.1) is 5.92 Å². The van der Waals surface area contributed by atoms with E-state index < -0.39 is 0 Å². The predicted octanol–water partition coefficient (Wildman–Crippen LogP) is 2.96. The van der Waals surface area contributed by atoms with Crippen LogP contribution in [-0.2, 0) is 6.42 Å². The summed E-state index contributed by atoms with van der Waals surface area (Å²) in [5, 5.41) is 7.65. The zero-order valence-electron chi connectivity index (χ0n) is 13.5. The van der Waals surface area contributed by atoms with Crippen LogP contribution in [0.3, 0.4) is 0 Å². The Morgan fingerprint density at radius 3 is 3.08 bits per heavy atom. The van der Waals surface area contributed by atoms with E-state index in [0.29, 0.717) is 6.04 Å². The van der Waals surface area contributed by atoms with Crippen molar-refractivity contribution in [3.8, 4) is 0 Å². The van der Waals surface area contributed by atoms with Gasteiger partial charge in [0.1, 0.15) is 6.33 Å². The molecule has 2 aliphatic rings. The predicted molar refractivity (Wildman–Crippen MR) is 93.7 cm³/mol. The summed E-state index contributed by atoms with van der Waals surface area (Å²) in [6.07, 6.45) is 11.2. The molecule has 0 amide bonds. The highest BCUT2D eigenvalue weighted by Crippen LogP contribution is 2.35. The first kappa shape index (κ1) is 13.7. The van der Waals surface area contributed by atoms with Gasteiger partial charge in [0.15, 0.2) is 5.65 Å². The summed E-state index contributed by atoms with van der Waals surface area (Å²) < 4.78 is 1.79. The second-order valence-electron chi connectivity index (χ2n) is 6.63. The molecular weight excluding hydrogens is 300 g/mol. The molecule has 0 spiro atoms. The molecule has 6 nitrogen and oxygen atoms in total. The van der Waals surface area contributed by atoms with Gasteiger partial charge in [0.2, 0.25) is 5.95 Å². The van der Waals surface area contributed by atoms with Crippen LogP contribution < -0.4 is 5.32 Å². The van der Waals surface area contributed by atoms with Crippen LogP contribution in [-0.4, -0.2) is 30.6 Å². The monoisotopic (exact) mass is 320 g/mol. The normalized spacial score (nSPS) is 17.6. The molecule has 122 valence electrons. The lowest BCUT2D eigenvalue weighted by molar-refractivity contribution is 0.685. The molecule has 1 N–H and O–H groups in total. The fraction of sp³-hybridized carbons (Fsp3) is 0.333. The quantitative estimate of drug-likeness (QED) is 0.800. The van der Waals surface area contributed by atoms with E-state index in [9.17, 15) is 0 Å². The number of allylic oxidation sites excluding steroid dienone is 1. The van der Waals surface area contributed by atoms with E-state index in [0.717, 1.165) is 40.8 Å². The SMILES string of the molecule is C[C@@H](Nc1ncc2c(n1)CC=C2c1ccc2ncnn2c1)C1CC1.[HH]. The fourth-order valence-corrected chi connectivity index (χ4v) is 3.34. The van der Waals surface area contributed by atoms with E-state index in [1.807, 2.05) is 18.5 Å². The minimum atomic E-state index is 0. The van der Waals surface area contributed by atoms with Gasteiger partial charge >= 0.3 is 0 Å². The van der Waals surface area contributed by atoms with E-state index in [2.05, 4.69) is 39.4 Å². The molecule has 0 radical (unpaired) electrons. The molecule has 1 fully saturated rings. The topological polar surface area (TPSA) is 68.0 Å². The van der Waals surface area contributed by atoms with Gasteiger partial charge in [0.25, 0.3) is 0 Å². The van der Waals surface area contributed by atoms with Crippen molar-refractivity contribution in [2.75, 3.05) is 5.32 Å². The summed E-state index contributed by atoms with van der Waals surface area (Å²) in [6.45, 7) is 2.21. The zero-order valence-corrected chi connectivity index (χ0v) is 13.5. The van der Waals surface area contributed by atoms with Crippen molar-refractivity contribution < 1.29 is 1.43 Å². The van der Waals surface area contributed by atoms with Crippen molar-refractivity contribution in [2.45, 2.75) is 32.2 Å². The van der Waals surface area contributed by atoms with Gasteiger partial charge in [-0.05, 0) is 43.4 Å². The first-order valence-corrected chi connectivity index (χ1v) is 8.41.